The number of phenolic OH excluding ortho intramolecular Hbond substituents is 1. The number of benzene rings is 1. The first-order valence-electron chi connectivity index (χ1n) is 10.4. The van der Waals surface area contributed by atoms with E-state index in [0.717, 1.165) is 56.1 Å². The van der Waals surface area contributed by atoms with E-state index in [2.05, 4.69) is 25.0 Å². The van der Waals surface area contributed by atoms with Gasteiger partial charge >= 0.3 is 0 Å². The number of aromatic nitrogens is 3. The molecular formula is C21H29N5O3. The van der Waals surface area contributed by atoms with Crippen LogP contribution in [0.5, 0.6) is 11.5 Å². The Morgan fingerprint density at radius 1 is 1.28 bits per heavy atom. The zero-order valence-corrected chi connectivity index (χ0v) is 16.9. The predicted octanol–water partition coefficient (Wildman–Crippen LogP) is 1.51. The van der Waals surface area contributed by atoms with Gasteiger partial charge in [-0.3, -0.25) is 9.69 Å². The number of nitrogens with zero attached hydrogens (tertiary/aromatic N) is 4. The van der Waals surface area contributed by atoms with E-state index in [-0.39, 0.29) is 17.6 Å². The van der Waals surface area contributed by atoms with Crippen molar-refractivity contribution in [2.45, 2.75) is 45.2 Å². The van der Waals surface area contributed by atoms with Gasteiger partial charge in [0.2, 0.25) is 5.91 Å². The van der Waals surface area contributed by atoms with Crippen molar-refractivity contribution in [3.8, 4) is 11.5 Å². The van der Waals surface area contributed by atoms with Gasteiger partial charge in [0.1, 0.15) is 23.1 Å². The van der Waals surface area contributed by atoms with Crippen molar-refractivity contribution in [1.82, 2.24) is 25.0 Å². The van der Waals surface area contributed by atoms with Crippen molar-refractivity contribution in [3.63, 3.8) is 0 Å². The van der Waals surface area contributed by atoms with E-state index in [0.29, 0.717) is 25.3 Å². The van der Waals surface area contributed by atoms with Gasteiger partial charge in [0.05, 0.1) is 7.11 Å². The number of hydrogen-bond donors (Lipinski definition) is 2. The third kappa shape index (κ3) is 4.53. The van der Waals surface area contributed by atoms with Gasteiger partial charge in [-0.2, -0.15) is 0 Å². The molecule has 2 aromatic rings. The van der Waals surface area contributed by atoms with Gasteiger partial charge in [0, 0.05) is 63.1 Å². The molecular weight excluding hydrogens is 370 g/mol. The van der Waals surface area contributed by atoms with Crippen LogP contribution in [0.3, 0.4) is 0 Å². The van der Waals surface area contributed by atoms with Crippen LogP contribution in [0.1, 0.15) is 36.5 Å². The van der Waals surface area contributed by atoms with E-state index in [1.165, 1.54) is 6.42 Å². The zero-order chi connectivity index (χ0) is 20.2. The van der Waals surface area contributed by atoms with Crippen molar-refractivity contribution in [2.24, 2.45) is 5.92 Å². The summed E-state index contributed by atoms with van der Waals surface area (Å²) in [6.45, 7) is 3.82. The molecule has 4 rings (SSSR count). The molecule has 156 valence electrons. The average Bonchev–Trinajstić information content (AvgIpc) is 2.94. The Hall–Kier alpha value is -2.61. The number of rotatable bonds is 7. The number of fused-ring (bicyclic) bond motifs is 1. The number of ether oxygens (including phenoxy) is 1. The highest BCUT2D eigenvalue weighted by atomic mass is 16.5. The van der Waals surface area contributed by atoms with E-state index < -0.39 is 0 Å². The number of hydrogen-bond acceptors (Lipinski definition) is 6. The molecule has 8 nitrogen and oxygen atoms in total. The second kappa shape index (κ2) is 8.82. The first kappa shape index (κ1) is 19.7. The second-order valence-corrected chi connectivity index (χ2v) is 7.87. The molecule has 0 atom stereocenters. The van der Waals surface area contributed by atoms with Gasteiger partial charge < -0.3 is 19.7 Å². The van der Waals surface area contributed by atoms with Gasteiger partial charge in [-0.05, 0) is 18.9 Å². The van der Waals surface area contributed by atoms with Crippen LogP contribution >= 0.6 is 0 Å². The van der Waals surface area contributed by atoms with Crippen LogP contribution in [-0.2, 0) is 30.7 Å². The molecule has 1 aliphatic carbocycles. The summed E-state index contributed by atoms with van der Waals surface area (Å²) in [5.74, 6) is 3.24. The Balaban J connectivity index is 1.31. The van der Waals surface area contributed by atoms with Crippen LogP contribution in [-0.4, -0.2) is 57.4 Å². The summed E-state index contributed by atoms with van der Waals surface area (Å²) >= 11 is 0. The maximum absolute atomic E-state index is 12.0. The Morgan fingerprint density at radius 2 is 2.14 bits per heavy atom. The molecule has 1 amide bonds. The van der Waals surface area contributed by atoms with Gasteiger partial charge in [-0.15, -0.1) is 10.2 Å². The molecule has 1 aromatic carbocycles. The molecule has 1 fully saturated rings. The van der Waals surface area contributed by atoms with E-state index >= 15 is 0 Å². The molecule has 0 unspecified atom stereocenters. The highest BCUT2D eigenvalue weighted by Crippen LogP contribution is 2.26. The summed E-state index contributed by atoms with van der Waals surface area (Å²) in [7, 11) is 1.59. The lowest BCUT2D eigenvalue weighted by molar-refractivity contribution is -0.127. The summed E-state index contributed by atoms with van der Waals surface area (Å²) in [5, 5.41) is 22.0. The smallest absolute Gasteiger partial charge is 0.223 e. The number of phenols is 1. The third-order valence-corrected chi connectivity index (χ3v) is 6.01. The monoisotopic (exact) mass is 399 g/mol. The van der Waals surface area contributed by atoms with Crippen LogP contribution in [0.2, 0.25) is 0 Å². The summed E-state index contributed by atoms with van der Waals surface area (Å²) < 4.78 is 7.34. The molecule has 0 bridgehead atoms. The first-order valence-corrected chi connectivity index (χ1v) is 10.4. The highest BCUT2D eigenvalue weighted by molar-refractivity contribution is 5.79. The number of aromatic hydroxyl groups is 1. The van der Waals surface area contributed by atoms with E-state index in [1.807, 2.05) is 12.1 Å². The average molecular weight is 399 g/mol. The molecule has 0 saturated heterocycles. The number of nitrogens with one attached hydrogen (secondary N) is 1. The SMILES string of the molecule is COc1ccc(CN2CCc3nnc(CCNC(=O)C4CCC4)n3CC2)c(O)c1. The minimum atomic E-state index is 0.178. The molecule has 8 heteroatoms. The van der Waals surface area contributed by atoms with Crippen LogP contribution < -0.4 is 10.1 Å². The summed E-state index contributed by atoms with van der Waals surface area (Å²) in [6.07, 6.45) is 4.72. The maximum Gasteiger partial charge on any atom is 0.223 e. The van der Waals surface area contributed by atoms with E-state index in [1.54, 1.807) is 13.2 Å². The molecule has 1 aliphatic heterocycles. The van der Waals surface area contributed by atoms with Crippen molar-refractivity contribution < 1.29 is 14.6 Å². The maximum atomic E-state index is 12.0. The normalized spacial score (nSPS) is 17.3. The molecule has 0 spiro atoms. The Kier molecular flexibility index (Phi) is 5.99. The third-order valence-electron chi connectivity index (χ3n) is 6.01. The van der Waals surface area contributed by atoms with Crippen molar-refractivity contribution in [3.05, 3.63) is 35.4 Å². The zero-order valence-electron chi connectivity index (χ0n) is 16.9. The lowest BCUT2D eigenvalue weighted by atomic mass is 9.85. The van der Waals surface area contributed by atoms with Crippen molar-refractivity contribution >= 4 is 5.91 Å². The number of carbonyl (C=O) groups excluding carboxylic acids is 1. The van der Waals surface area contributed by atoms with Gasteiger partial charge in [0.15, 0.2) is 0 Å². The minimum Gasteiger partial charge on any atom is -0.507 e. The largest absolute Gasteiger partial charge is 0.507 e. The lowest BCUT2D eigenvalue weighted by Crippen LogP contribution is -2.35. The van der Waals surface area contributed by atoms with Gasteiger partial charge in [0.25, 0.3) is 0 Å². The molecule has 0 radical (unpaired) electrons. The summed E-state index contributed by atoms with van der Waals surface area (Å²) in [6, 6.07) is 5.44. The number of carbonyl (C=O) groups is 1. The fourth-order valence-electron chi connectivity index (χ4n) is 3.93. The summed E-state index contributed by atoms with van der Waals surface area (Å²) in [5.41, 5.74) is 0.891. The molecule has 1 aromatic heterocycles. The Bertz CT molecular complexity index is 862. The van der Waals surface area contributed by atoms with Crippen LogP contribution in [0.4, 0.5) is 0 Å². The fraction of sp³-hybridized carbons (Fsp3) is 0.571. The van der Waals surface area contributed by atoms with E-state index in [4.69, 9.17) is 4.74 Å². The predicted molar refractivity (Wildman–Crippen MR) is 108 cm³/mol. The lowest BCUT2D eigenvalue weighted by Gasteiger charge is -2.24. The van der Waals surface area contributed by atoms with Crippen LogP contribution in [0.15, 0.2) is 18.2 Å². The first-order chi connectivity index (χ1) is 14.1. The van der Waals surface area contributed by atoms with Crippen LogP contribution in [0.25, 0.3) is 0 Å². The van der Waals surface area contributed by atoms with E-state index in [9.17, 15) is 9.90 Å². The Morgan fingerprint density at radius 3 is 2.86 bits per heavy atom. The highest BCUT2D eigenvalue weighted by Gasteiger charge is 2.25. The number of methoxy groups -OCH3 is 1. The molecule has 2 aliphatic rings. The molecule has 1 saturated carbocycles. The minimum absolute atomic E-state index is 0.178. The van der Waals surface area contributed by atoms with Crippen molar-refractivity contribution in [2.75, 3.05) is 26.7 Å². The van der Waals surface area contributed by atoms with Gasteiger partial charge in [-0.1, -0.05) is 12.5 Å². The quantitative estimate of drug-likeness (QED) is 0.733. The Labute approximate surface area is 170 Å². The molecule has 2 N–H and O–H groups in total. The van der Waals surface area contributed by atoms with Crippen molar-refractivity contribution in [1.29, 1.82) is 0 Å². The topological polar surface area (TPSA) is 92.5 Å². The standard InChI is InChI=1S/C21H29N5O3/c1-29-17-6-5-16(18(27)13-17)14-25-10-8-20-24-23-19(26(20)12-11-25)7-9-22-21(28)15-3-2-4-15/h5-6,13,15,27H,2-4,7-12,14H2,1H3,(H,22,28). The molecule has 2 heterocycles. The van der Waals surface area contributed by atoms with Crippen LogP contribution in [0, 0.1) is 5.92 Å². The molecule has 29 heavy (non-hydrogen) atoms. The second-order valence-electron chi connectivity index (χ2n) is 7.87. The fourth-order valence-corrected chi connectivity index (χ4v) is 3.93. The number of amides is 1. The summed E-state index contributed by atoms with van der Waals surface area (Å²) in [4.78, 5) is 14.3. The van der Waals surface area contributed by atoms with Gasteiger partial charge in [-0.25, -0.2) is 0 Å².